The van der Waals surface area contributed by atoms with Gasteiger partial charge in [-0.05, 0) is 37.0 Å². The standard InChI is InChI=1S/C16H20O/c1-13(2)15-6-4-5-14(11-15)7-8-16(3)9-10-17-12-16/h4-6,11,13H,9-10,12H2,1-3H3. The van der Waals surface area contributed by atoms with E-state index in [-0.39, 0.29) is 5.41 Å². The summed E-state index contributed by atoms with van der Waals surface area (Å²) >= 11 is 0. The van der Waals surface area contributed by atoms with Crippen LogP contribution in [-0.2, 0) is 4.74 Å². The van der Waals surface area contributed by atoms with Gasteiger partial charge in [-0.2, -0.15) is 0 Å². The fraction of sp³-hybridized carbons (Fsp3) is 0.500. The summed E-state index contributed by atoms with van der Waals surface area (Å²) in [6.45, 7) is 8.21. The Labute approximate surface area is 104 Å². The Morgan fingerprint density at radius 2 is 2.18 bits per heavy atom. The Morgan fingerprint density at radius 1 is 1.35 bits per heavy atom. The molecule has 2 rings (SSSR count). The molecule has 0 spiro atoms. The summed E-state index contributed by atoms with van der Waals surface area (Å²) in [5, 5.41) is 0. The average molecular weight is 228 g/mol. The van der Waals surface area contributed by atoms with Gasteiger partial charge in [-0.25, -0.2) is 0 Å². The molecule has 1 fully saturated rings. The fourth-order valence-electron chi connectivity index (χ4n) is 1.96. The van der Waals surface area contributed by atoms with E-state index < -0.39 is 0 Å². The monoisotopic (exact) mass is 228 g/mol. The zero-order valence-electron chi connectivity index (χ0n) is 10.9. The minimum atomic E-state index is 0.0494. The van der Waals surface area contributed by atoms with Gasteiger partial charge < -0.3 is 4.74 Å². The van der Waals surface area contributed by atoms with Crippen LogP contribution in [0.2, 0.25) is 0 Å². The smallest absolute Gasteiger partial charge is 0.0630 e. The summed E-state index contributed by atoms with van der Waals surface area (Å²) in [5.74, 6) is 7.22. The molecule has 1 nitrogen and oxygen atoms in total. The normalized spacial score (nSPS) is 23.5. The fourth-order valence-corrected chi connectivity index (χ4v) is 1.96. The SMILES string of the molecule is CC(C)c1cccc(C#CC2(C)CCOC2)c1. The summed E-state index contributed by atoms with van der Waals surface area (Å²) < 4.78 is 5.41. The predicted molar refractivity (Wildman–Crippen MR) is 71.0 cm³/mol. The molecule has 0 saturated carbocycles. The molecule has 0 aliphatic carbocycles. The van der Waals surface area contributed by atoms with Crippen LogP contribution in [0.4, 0.5) is 0 Å². The van der Waals surface area contributed by atoms with Gasteiger partial charge >= 0.3 is 0 Å². The van der Waals surface area contributed by atoms with Crippen LogP contribution in [0.25, 0.3) is 0 Å². The van der Waals surface area contributed by atoms with Crippen molar-refractivity contribution in [3.8, 4) is 11.8 Å². The molecule has 1 heteroatoms. The van der Waals surface area contributed by atoms with Crippen LogP contribution in [-0.4, -0.2) is 13.2 Å². The third-order valence-electron chi connectivity index (χ3n) is 3.28. The Morgan fingerprint density at radius 3 is 2.82 bits per heavy atom. The first-order valence-corrected chi connectivity index (χ1v) is 6.30. The predicted octanol–water partition coefficient (Wildman–Crippen LogP) is 3.59. The number of hydrogen-bond donors (Lipinski definition) is 0. The van der Waals surface area contributed by atoms with E-state index >= 15 is 0 Å². The lowest BCUT2D eigenvalue weighted by Crippen LogP contribution is -2.12. The quantitative estimate of drug-likeness (QED) is 0.667. The molecule has 17 heavy (non-hydrogen) atoms. The lowest BCUT2D eigenvalue weighted by Gasteiger charge is -2.12. The number of rotatable bonds is 1. The molecule has 1 saturated heterocycles. The maximum atomic E-state index is 5.41. The molecule has 0 aromatic heterocycles. The van der Waals surface area contributed by atoms with Gasteiger partial charge in [0.2, 0.25) is 0 Å². The van der Waals surface area contributed by atoms with Crippen molar-refractivity contribution in [2.75, 3.05) is 13.2 Å². The molecule has 1 aromatic carbocycles. The van der Waals surface area contributed by atoms with E-state index in [4.69, 9.17) is 4.74 Å². The Balaban J connectivity index is 2.18. The highest BCUT2D eigenvalue weighted by Crippen LogP contribution is 2.26. The van der Waals surface area contributed by atoms with Crippen LogP contribution in [0.3, 0.4) is 0 Å². The number of hydrogen-bond acceptors (Lipinski definition) is 1. The topological polar surface area (TPSA) is 9.23 Å². The van der Waals surface area contributed by atoms with E-state index in [1.54, 1.807) is 0 Å². The Kier molecular flexibility index (Phi) is 3.54. The number of ether oxygens (including phenoxy) is 1. The van der Waals surface area contributed by atoms with E-state index in [9.17, 15) is 0 Å². The minimum absolute atomic E-state index is 0.0494. The first-order valence-electron chi connectivity index (χ1n) is 6.30. The van der Waals surface area contributed by atoms with Crippen LogP contribution in [0.1, 0.15) is 44.2 Å². The number of benzene rings is 1. The molecule has 1 heterocycles. The van der Waals surface area contributed by atoms with Crippen LogP contribution in [0, 0.1) is 17.3 Å². The van der Waals surface area contributed by atoms with Gasteiger partial charge in [0.1, 0.15) is 0 Å². The molecule has 90 valence electrons. The first-order chi connectivity index (χ1) is 8.09. The third-order valence-corrected chi connectivity index (χ3v) is 3.28. The molecule has 0 bridgehead atoms. The summed E-state index contributed by atoms with van der Waals surface area (Å²) in [4.78, 5) is 0. The van der Waals surface area contributed by atoms with Crippen molar-refractivity contribution in [2.45, 2.75) is 33.1 Å². The molecule has 1 aromatic rings. The average Bonchev–Trinajstić information content (AvgIpc) is 2.75. The zero-order valence-corrected chi connectivity index (χ0v) is 10.9. The molecule has 1 atom stereocenters. The Bertz CT molecular complexity index is 442. The summed E-state index contributed by atoms with van der Waals surface area (Å²) in [6, 6.07) is 8.53. The van der Waals surface area contributed by atoms with Crippen molar-refractivity contribution in [1.82, 2.24) is 0 Å². The van der Waals surface area contributed by atoms with Crippen molar-refractivity contribution in [1.29, 1.82) is 0 Å². The van der Waals surface area contributed by atoms with Crippen LogP contribution in [0.15, 0.2) is 24.3 Å². The molecule has 1 aliphatic rings. The lowest BCUT2D eigenvalue weighted by molar-refractivity contribution is 0.177. The van der Waals surface area contributed by atoms with Crippen molar-refractivity contribution in [3.05, 3.63) is 35.4 Å². The second kappa shape index (κ2) is 4.94. The second-order valence-electron chi connectivity index (χ2n) is 5.39. The van der Waals surface area contributed by atoms with Gasteiger partial charge in [0.25, 0.3) is 0 Å². The highest BCUT2D eigenvalue weighted by atomic mass is 16.5. The molecule has 0 radical (unpaired) electrons. The molecule has 0 N–H and O–H groups in total. The van der Waals surface area contributed by atoms with Gasteiger partial charge in [0, 0.05) is 12.2 Å². The van der Waals surface area contributed by atoms with Gasteiger partial charge in [-0.15, -0.1) is 0 Å². The molecule has 0 amide bonds. The summed E-state index contributed by atoms with van der Waals surface area (Å²) in [7, 11) is 0. The van der Waals surface area contributed by atoms with E-state index in [0.29, 0.717) is 5.92 Å². The van der Waals surface area contributed by atoms with Crippen LogP contribution in [0.5, 0.6) is 0 Å². The van der Waals surface area contributed by atoms with Gasteiger partial charge in [0.05, 0.1) is 12.0 Å². The van der Waals surface area contributed by atoms with Crippen molar-refractivity contribution < 1.29 is 4.74 Å². The van der Waals surface area contributed by atoms with E-state index in [1.807, 2.05) is 0 Å². The largest absolute Gasteiger partial charge is 0.380 e. The van der Waals surface area contributed by atoms with Gasteiger partial charge in [0.15, 0.2) is 0 Å². The summed E-state index contributed by atoms with van der Waals surface area (Å²) in [5.41, 5.74) is 2.52. The molecular weight excluding hydrogens is 208 g/mol. The highest BCUT2D eigenvalue weighted by molar-refractivity contribution is 5.39. The van der Waals surface area contributed by atoms with Crippen LogP contribution < -0.4 is 0 Å². The van der Waals surface area contributed by atoms with Crippen molar-refractivity contribution in [3.63, 3.8) is 0 Å². The maximum absolute atomic E-state index is 5.41. The van der Waals surface area contributed by atoms with E-state index in [1.165, 1.54) is 5.56 Å². The molecular formula is C16H20O. The van der Waals surface area contributed by atoms with Gasteiger partial charge in [-0.3, -0.25) is 0 Å². The van der Waals surface area contributed by atoms with Crippen molar-refractivity contribution in [2.24, 2.45) is 5.41 Å². The second-order valence-corrected chi connectivity index (χ2v) is 5.39. The maximum Gasteiger partial charge on any atom is 0.0630 e. The zero-order chi connectivity index (χ0) is 12.3. The first kappa shape index (κ1) is 12.2. The minimum Gasteiger partial charge on any atom is -0.380 e. The highest BCUT2D eigenvalue weighted by Gasteiger charge is 2.27. The molecule has 1 aliphatic heterocycles. The third kappa shape index (κ3) is 3.11. The van der Waals surface area contributed by atoms with E-state index in [2.05, 4.69) is 56.9 Å². The Hall–Kier alpha value is -1.26. The van der Waals surface area contributed by atoms with Crippen LogP contribution >= 0.6 is 0 Å². The van der Waals surface area contributed by atoms with E-state index in [0.717, 1.165) is 25.2 Å². The molecule has 1 unspecified atom stereocenters. The lowest BCUT2D eigenvalue weighted by atomic mass is 9.90. The van der Waals surface area contributed by atoms with Gasteiger partial charge in [-0.1, -0.05) is 37.8 Å². The summed E-state index contributed by atoms with van der Waals surface area (Å²) in [6.07, 6.45) is 1.05. The van der Waals surface area contributed by atoms with Crippen molar-refractivity contribution >= 4 is 0 Å².